The highest BCUT2D eigenvalue weighted by Gasteiger charge is 2.20. The topological polar surface area (TPSA) is 92.3 Å². The number of hydrogen-bond donors (Lipinski definition) is 2. The molecular weight excluding hydrogens is 514 g/mol. The van der Waals surface area contributed by atoms with E-state index in [-0.39, 0.29) is 31.2 Å². The summed E-state index contributed by atoms with van der Waals surface area (Å²) in [6.07, 6.45) is 0. The average molecular weight is 526 g/mol. The van der Waals surface area contributed by atoms with E-state index >= 15 is 0 Å². The van der Waals surface area contributed by atoms with E-state index in [0.717, 1.165) is 0 Å². The van der Waals surface area contributed by atoms with Gasteiger partial charge in [0.05, 0.1) is 31.2 Å². The number of benzene rings is 3. The first kappa shape index (κ1) is 23.0. The van der Waals surface area contributed by atoms with Crippen molar-refractivity contribution in [3.63, 3.8) is 0 Å². The first-order valence-electron chi connectivity index (χ1n) is 8.04. The molecule has 0 unspecified atom stereocenters. The van der Waals surface area contributed by atoms with Crippen LogP contribution in [-0.2, 0) is 20.0 Å². The van der Waals surface area contributed by atoms with Crippen LogP contribution in [0.2, 0.25) is 20.1 Å². The summed E-state index contributed by atoms with van der Waals surface area (Å²) in [6, 6.07) is 13.4. The van der Waals surface area contributed by atoms with Gasteiger partial charge in [-0.05, 0) is 60.7 Å². The van der Waals surface area contributed by atoms with E-state index < -0.39 is 20.0 Å². The average Bonchev–Trinajstić information content (AvgIpc) is 2.66. The van der Waals surface area contributed by atoms with Gasteiger partial charge in [0, 0.05) is 10.0 Å². The van der Waals surface area contributed by atoms with Crippen LogP contribution in [0.1, 0.15) is 0 Å². The molecule has 0 aliphatic carbocycles. The fourth-order valence-corrected chi connectivity index (χ4v) is 5.27. The molecule has 0 heterocycles. The van der Waals surface area contributed by atoms with Gasteiger partial charge in [0.15, 0.2) is 0 Å². The Bertz CT molecular complexity index is 1190. The van der Waals surface area contributed by atoms with Crippen molar-refractivity contribution in [3.05, 3.63) is 80.8 Å². The van der Waals surface area contributed by atoms with Gasteiger partial charge in [-0.3, -0.25) is 9.44 Å². The van der Waals surface area contributed by atoms with Gasteiger partial charge >= 0.3 is 0 Å². The zero-order valence-corrected chi connectivity index (χ0v) is 19.4. The fourth-order valence-electron chi connectivity index (χ4n) is 2.34. The lowest BCUT2D eigenvalue weighted by Crippen LogP contribution is -2.15. The summed E-state index contributed by atoms with van der Waals surface area (Å²) < 4.78 is 54.7. The highest BCUT2D eigenvalue weighted by Crippen LogP contribution is 2.35. The van der Waals surface area contributed by atoms with Crippen LogP contribution < -0.4 is 9.44 Å². The standard InChI is InChI=1S/C18H12Cl4N2O4S2/c19-11-1-5-13(6-2-11)29(25,26)23-17-9-16(22)18(10-15(17)21)24-30(27,28)14-7-3-12(20)4-8-14/h1-10,23-24H. The van der Waals surface area contributed by atoms with Gasteiger partial charge < -0.3 is 0 Å². The minimum Gasteiger partial charge on any atom is -0.278 e. The Morgan fingerprint density at radius 2 is 0.833 bits per heavy atom. The molecule has 3 aromatic carbocycles. The van der Waals surface area contributed by atoms with Crippen molar-refractivity contribution in [3.8, 4) is 0 Å². The second-order valence-corrected chi connectivity index (χ2v) is 11.0. The summed E-state index contributed by atoms with van der Waals surface area (Å²) in [4.78, 5) is -0.0711. The molecule has 158 valence electrons. The van der Waals surface area contributed by atoms with E-state index in [2.05, 4.69) is 9.44 Å². The van der Waals surface area contributed by atoms with Crippen molar-refractivity contribution in [1.29, 1.82) is 0 Å². The third-order valence-corrected chi connectivity index (χ3v) is 7.69. The lowest BCUT2D eigenvalue weighted by atomic mass is 10.3. The molecule has 30 heavy (non-hydrogen) atoms. The Hall–Kier alpha value is -1.68. The number of nitrogens with one attached hydrogen (secondary N) is 2. The molecule has 6 nitrogen and oxygen atoms in total. The van der Waals surface area contributed by atoms with Crippen LogP contribution in [0.3, 0.4) is 0 Å². The van der Waals surface area contributed by atoms with Gasteiger partial charge in [-0.2, -0.15) is 0 Å². The Morgan fingerprint density at radius 1 is 0.533 bits per heavy atom. The van der Waals surface area contributed by atoms with Crippen molar-refractivity contribution in [2.45, 2.75) is 9.79 Å². The number of rotatable bonds is 6. The summed E-state index contributed by atoms with van der Waals surface area (Å²) in [7, 11) is -7.93. The second kappa shape index (κ2) is 8.82. The summed E-state index contributed by atoms with van der Waals surface area (Å²) in [5, 5.41) is 0.635. The molecule has 0 aliphatic rings. The largest absolute Gasteiger partial charge is 0.278 e. The molecule has 0 bridgehead atoms. The molecule has 0 atom stereocenters. The Morgan fingerprint density at radius 3 is 1.13 bits per heavy atom. The maximum atomic E-state index is 12.5. The van der Waals surface area contributed by atoms with Crippen LogP contribution in [0.5, 0.6) is 0 Å². The van der Waals surface area contributed by atoms with E-state index in [4.69, 9.17) is 46.4 Å². The molecule has 0 radical (unpaired) electrons. The normalized spacial score (nSPS) is 11.9. The highest BCUT2D eigenvalue weighted by atomic mass is 35.5. The SMILES string of the molecule is O=S(=O)(Nc1cc(Cl)c(NS(=O)(=O)c2ccc(Cl)cc2)cc1Cl)c1ccc(Cl)cc1. The van der Waals surface area contributed by atoms with Crippen LogP contribution in [0.15, 0.2) is 70.5 Å². The van der Waals surface area contributed by atoms with Gasteiger partial charge in [-0.15, -0.1) is 0 Å². The molecule has 0 spiro atoms. The van der Waals surface area contributed by atoms with Crippen LogP contribution in [-0.4, -0.2) is 16.8 Å². The summed E-state index contributed by atoms with van der Waals surface area (Å²) in [5.74, 6) is 0. The monoisotopic (exact) mass is 524 g/mol. The van der Waals surface area contributed by atoms with E-state index in [1.807, 2.05) is 0 Å². The number of hydrogen-bond acceptors (Lipinski definition) is 4. The van der Waals surface area contributed by atoms with Gasteiger partial charge in [-0.25, -0.2) is 16.8 Å². The Balaban J connectivity index is 1.88. The third-order valence-electron chi connectivity index (χ3n) is 3.79. The maximum absolute atomic E-state index is 12.5. The van der Waals surface area contributed by atoms with Crippen molar-refractivity contribution >= 4 is 77.8 Å². The van der Waals surface area contributed by atoms with Crippen LogP contribution in [0, 0.1) is 0 Å². The lowest BCUT2D eigenvalue weighted by Gasteiger charge is -2.14. The number of sulfonamides is 2. The zero-order chi connectivity index (χ0) is 22.1. The van der Waals surface area contributed by atoms with Gasteiger partial charge in [0.1, 0.15) is 0 Å². The minimum atomic E-state index is -3.97. The Kier molecular flexibility index (Phi) is 6.76. The van der Waals surface area contributed by atoms with E-state index in [1.54, 1.807) is 0 Å². The third kappa shape index (κ3) is 5.32. The molecule has 0 saturated carbocycles. The van der Waals surface area contributed by atoms with E-state index in [9.17, 15) is 16.8 Å². The molecule has 2 N–H and O–H groups in total. The van der Waals surface area contributed by atoms with Crippen molar-refractivity contribution in [2.24, 2.45) is 0 Å². The molecule has 0 saturated heterocycles. The van der Waals surface area contributed by atoms with E-state index in [1.165, 1.54) is 60.7 Å². The summed E-state index contributed by atoms with van der Waals surface area (Å²) in [6.45, 7) is 0. The predicted molar refractivity (Wildman–Crippen MR) is 121 cm³/mol. The maximum Gasteiger partial charge on any atom is 0.261 e. The molecule has 0 amide bonds. The zero-order valence-electron chi connectivity index (χ0n) is 14.7. The quantitative estimate of drug-likeness (QED) is 0.419. The number of halogens is 4. The van der Waals surface area contributed by atoms with Gasteiger partial charge in [-0.1, -0.05) is 46.4 Å². The van der Waals surface area contributed by atoms with Crippen molar-refractivity contribution in [2.75, 3.05) is 9.44 Å². The van der Waals surface area contributed by atoms with Crippen molar-refractivity contribution < 1.29 is 16.8 Å². The van der Waals surface area contributed by atoms with Crippen LogP contribution in [0.25, 0.3) is 0 Å². The van der Waals surface area contributed by atoms with Crippen LogP contribution >= 0.6 is 46.4 Å². The highest BCUT2D eigenvalue weighted by molar-refractivity contribution is 7.93. The lowest BCUT2D eigenvalue weighted by molar-refractivity contribution is 0.599. The summed E-state index contributed by atoms with van der Waals surface area (Å²) >= 11 is 23.9. The predicted octanol–water partition coefficient (Wildman–Crippen LogP) is 5.90. The summed E-state index contributed by atoms with van der Waals surface area (Å²) in [5.41, 5.74) is -0.0443. The first-order chi connectivity index (χ1) is 14.0. The Labute approximate surface area is 193 Å². The second-order valence-electron chi connectivity index (χ2n) is 5.93. The molecule has 0 fully saturated rings. The van der Waals surface area contributed by atoms with Gasteiger partial charge in [0.25, 0.3) is 20.0 Å². The molecule has 3 aromatic rings. The minimum absolute atomic E-state index is 0.0222. The molecule has 0 aromatic heterocycles. The van der Waals surface area contributed by atoms with Crippen molar-refractivity contribution in [1.82, 2.24) is 0 Å². The smallest absolute Gasteiger partial charge is 0.261 e. The first-order valence-corrected chi connectivity index (χ1v) is 12.5. The number of anilines is 2. The van der Waals surface area contributed by atoms with E-state index in [0.29, 0.717) is 10.0 Å². The molecule has 0 aliphatic heterocycles. The molecule has 3 rings (SSSR count). The molecular formula is C18H12Cl4N2O4S2. The molecule has 12 heteroatoms. The van der Waals surface area contributed by atoms with Gasteiger partial charge in [0.2, 0.25) is 0 Å². The fraction of sp³-hybridized carbons (Fsp3) is 0. The van der Waals surface area contributed by atoms with Crippen LogP contribution in [0.4, 0.5) is 11.4 Å².